The Labute approximate surface area is 71.3 Å². The highest BCUT2D eigenvalue weighted by Crippen LogP contribution is 2.34. The summed E-state index contributed by atoms with van der Waals surface area (Å²) in [7, 11) is 0. The van der Waals surface area contributed by atoms with Gasteiger partial charge in [0.25, 0.3) is 0 Å². The number of nitrogens with two attached hydrogens (primary N) is 1. The van der Waals surface area contributed by atoms with E-state index in [1.807, 2.05) is 18.2 Å². The molecule has 0 aromatic heterocycles. The second kappa shape index (κ2) is 2.46. The largest absolute Gasteiger partial charge is 0.399 e. The average molecular weight is 253 g/mol. The van der Waals surface area contributed by atoms with Gasteiger partial charge in [0.2, 0.25) is 0 Å². The van der Waals surface area contributed by atoms with Gasteiger partial charge in [-0.1, -0.05) is 44.0 Å². The first kappa shape index (κ1) is 7.35. The van der Waals surface area contributed by atoms with Crippen LogP contribution in [0.1, 0.15) is 6.42 Å². The topological polar surface area (TPSA) is 26.0 Å². The van der Waals surface area contributed by atoms with Gasteiger partial charge in [-0.15, -0.1) is 0 Å². The van der Waals surface area contributed by atoms with Gasteiger partial charge in [-0.25, -0.2) is 0 Å². The first-order valence-corrected chi connectivity index (χ1v) is 4.21. The molecule has 0 fully saturated rings. The minimum Gasteiger partial charge on any atom is -0.399 e. The highest BCUT2D eigenvalue weighted by atomic mass is 79.9. The van der Waals surface area contributed by atoms with Gasteiger partial charge in [0, 0.05) is 5.70 Å². The van der Waals surface area contributed by atoms with Crippen molar-refractivity contribution < 1.29 is 0 Å². The molecule has 0 heterocycles. The smallest absolute Gasteiger partial charge is 0.102 e. The molecule has 9 heavy (non-hydrogen) atoms. The number of rotatable bonds is 0. The van der Waals surface area contributed by atoms with Crippen molar-refractivity contribution in [2.45, 2.75) is 9.65 Å². The molecule has 0 aromatic carbocycles. The molecule has 0 aliphatic heterocycles. The third-order valence-corrected chi connectivity index (χ3v) is 2.31. The van der Waals surface area contributed by atoms with Crippen LogP contribution in [0.15, 0.2) is 23.9 Å². The molecule has 0 saturated heterocycles. The molecule has 0 spiro atoms. The molecular weight excluding hydrogens is 246 g/mol. The van der Waals surface area contributed by atoms with E-state index in [-0.39, 0.29) is 3.23 Å². The molecule has 1 aliphatic rings. The van der Waals surface area contributed by atoms with Crippen molar-refractivity contribution in [3.63, 3.8) is 0 Å². The average Bonchev–Trinajstić information content (AvgIpc) is 1.78. The lowest BCUT2D eigenvalue weighted by atomic mass is 10.1. The van der Waals surface area contributed by atoms with Crippen LogP contribution in [0.4, 0.5) is 0 Å². The Bertz CT molecular complexity index is 170. The zero-order chi connectivity index (χ0) is 6.91. The Kier molecular flexibility index (Phi) is 2.01. The van der Waals surface area contributed by atoms with Crippen molar-refractivity contribution in [3.8, 4) is 0 Å². The highest BCUT2D eigenvalue weighted by Gasteiger charge is 2.19. The van der Waals surface area contributed by atoms with Gasteiger partial charge in [0.05, 0.1) is 0 Å². The molecular formula is C6H7Br2N. The lowest BCUT2D eigenvalue weighted by Gasteiger charge is -2.16. The van der Waals surface area contributed by atoms with Crippen molar-refractivity contribution in [1.29, 1.82) is 0 Å². The summed E-state index contributed by atoms with van der Waals surface area (Å²) < 4.78 is -0.0527. The Morgan fingerprint density at radius 2 is 2.22 bits per heavy atom. The molecule has 0 atom stereocenters. The van der Waals surface area contributed by atoms with E-state index >= 15 is 0 Å². The Morgan fingerprint density at radius 1 is 1.56 bits per heavy atom. The van der Waals surface area contributed by atoms with E-state index in [1.54, 1.807) is 0 Å². The normalized spacial score (nSPS) is 23.6. The maximum Gasteiger partial charge on any atom is 0.102 e. The number of hydrogen-bond donors (Lipinski definition) is 1. The van der Waals surface area contributed by atoms with Crippen molar-refractivity contribution in [2.24, 2.45) is 5.73 Å². The van der Waals surface area contributed by atoms with Gasteiger partial charge in [-0.3, -0.25) is 0 Å². The number of hydrogen-bond acceptors (Lipinski definition) is 1. The van der Waals surface area contributed by atoms with Crippen LogP contribution < -0.4 is 5.73 Å². The standard InChI is InChI=1S/C6H7Br2N/c7-6(8)3-1-5(9)2-4-6/h1-3H,4,9H2. The van der Waals surface area contributed by atoms with Gasteiger partial charge in [-0.2, -0.15) is 0 Å². The van der Waals surface area contributed by atoms with E-state index < -0.39 is 0 Å². The predicted octanol–water partition coefficient (Wildman–Crippen LogP) is 2.28. The lowest BCUT2D eigenvalue weighted by molar-refractivity contribution is 1.00. The molecule has 0 unspecified atom stereocenters. The molecule has 0 aromatic rings. The van der Waals surface area contributed by atoms with Crippen LogP contribution in [-0.2, 0) is 0 Å². The van der Waals surface area contributed by atoms with E-state index in [9.17, 15) is 0 Å². The van der Waals surface area contributed by atoms with Crippen LogP contribution in [0.25, 0.3) is 0 Å². The van der Waals surface area contributed by atoms with E-state index in [4.69, 9.17) is 5.73 Å². The minimum absolute atomic E-state index is 0.0527. The Morgan fingerprint density at radius 3 is 2.56 bits per heavy atom. The third kappa shape index (κ3) is 2.14. The SMILES string of the molecule is NC1=CCC(Br)(Br)C=C1. The van der Waals surface area contributed by atoms with Gasteiger partial charge in [-0.05, 0) is 12.5 Å². The van der Waals surface area contributed by atoms with Crippen LogP contribution in [0.5, 0.6) is 0 Å². The molecule has 0 radical (unpaired) electrons. The summed E-state index contributed by atoms with van der Waals surface area (Å²) >= 11 is 6.90. The lowest BCUT2D eigenvalue weighted by Crippen LogP contribution is -2.11. The molecule has 50 valence electrons. The van der Waals surface area contributed by atoms with Crippen molar-refractivity contribution >= 4 is 31.9 Å². The van der Waals surface area contributed by atoms with Crippen molar-refractivity contribution in [2.75, 3.05) is 0 Å². The van der Waals surface area contributed by atoms with Crippen LogP contribution in [0.2, 0.25) is 0 Å². The van der Waals surface area contributed by atoms with Gasteiger partial charge < -0.3 is 5.73 Å². The summed E-state index contributed by atoms with van der Waals surface area (Å²) in [4.78, 5) is 0. The highest BCUT2D eigenvalue weighted by molar-refractivity contribution is 9.25. The number of alkyl halides is 2. The van der Waals surface area contributed by atoms with Gasteiger partial charge in [0.15, 0.2) is 0 Å². The van der Waals surface area contributed by atoms with E-state index in [1.165, 1.54) is 0 Å². The van der Waals surface area contributed by atoms with Crippen molar-refractivity contribution in [3.05, 3.63) is 23.9 Å². The van der Waals surface area contributed by atoms with Gasteiger partial charge in [0.1, 0.15) is 3.23 Å². The Hall–Kier alpha value is 0.240. The summed E-state index contributed by atoms with van der Waals surface area (Å²) in [6.07, 6.45) is 6.74. The summed E-state index contributed by atoms with van der Waals surface area (Å²) in [6, 6.07) is 0. The summed E-state index contributed by atoms with van der Waals surface area (Å²) in [5.41, 5.74) is 6.33. The molecule has 0 bridgehead atoms. The maximum atomic E-state index is 5.49. The summed E-state index contributed by atoms with van der Waals surface area (Å²) in [5.74, 6) is 0. The van der Waals surface area contributed by atoms with Crippen LogP contribution >= 0.6 is 31.9 Å². The summed E-state index contributed by atoms with van der Waals surface area (Å²) in [5, 5.41) is 0. The molecule has 0 saturated carbocycles. The zero-order valence-electron chi connectivity index (χ0n) is 4.77. The second-order valence-corrected chi connectivity index (χ2v) is 5.90. The van der Waals surface area contributed by atoms with E-state index in [2.05, 4.69) is 31.9 Å². The van der Waals surface area contributed by atoms with E-state index in [0.717, 1.165) is 12.1 Å². The van der Waals surface area contributed by atoms with Crippen molar-refractivity contribution in [1.82, 2.24) is 0 Å². The number of halogens is 2. The molecule has 3 heteroatoms. The number of allylic oxidation sites excluding steroid dienone is 3. The Balaban J connectivity index is 2.70. The van der Waals surface area contributed by atoms with Crippen LogP contribution in [-0.4, -0.2) is 3.23 Å². The maximum absolute atomic E-state index is 5.49. The fourth-order valence-electron chi connectivity index (χ4n) is 0.608. The quantitative estimate of drug-likeness (QED) is 0.658. The van der Waals surface area contributed by atoms with Gasteiger partial charge >= 0.3 is 0 Å². The minimum atomic E-state index is -0.0527. The van der Waals surface area contributed by atoms with E-state index in [0.29, 0.717) is 0 Å². The van der Waals surface area contributed by atoms with Crippen LogP contribution in [0, 0.1) is 0 Å². The fraction of sp³-hybridized carbons (Fsp3) is 0.333. The molecule has 0 amide bonds. The molecule has 1 nitrogen and oxygen atoms in total. The van der Waals surface area contributed by atoms with Crippen LogP contribution in [0.3, 0.4) is 0 Å². The molecule has 1 aliphatic carbocycles. The molecule has 1 rings (SSSR count). The first-order chi connectivity index (χ1) is 4.10. The fourth-order valence-corrected chi connectivity index (χ4v) is 1.20. The third-order valence-electron chi connectivity index (χ3n) is 1.13. The first-order valence-electron chi connectivity index (χ1n) is 2.63. The monoisotopic (exact) mass is 251 g/mol. The molecule has 2 N–H and O–H groups in total. The summed E-state index contributed by atoms with van der Waals surface area (Å²) in [6.45, 7) is 0. The predicted molar refractivity (Wildman–Crippen MR) is 46.6 cm³/mol. The zero-order valence-corrected chi connectivity index (χ0v) is 7.94. The second-order valence-electron chi connectivity index (χ2n) is 2.00.